The lowest BCUT2D eigenvalue weighted by Gasteiger charge is -2.22. The topological polar surface area (TPSA) is 46.3 Å². The van der Waals surface area contributed by atoms with Crippen LogP contribution in [0.1, 0.15) is 17.3 Å². The van der Waals surface area contributed by atoms with Crippen LogP contribution >= 0.6 is 0 Å². The number of hydrogen-bond acceptors (Lipinski definition) is 3. The van der Waals surface area contributed by atoms with E-state index >= 15 is 0 Å². The molecular weight excluding hydrogens is 362 g/mol. The van der Waals surface area contributed by atoms with Gasteiger partial charge < -0.3 is 9.32 Å². The predicted molar refractivity (Wildman–Crippen MR) is 103 cm³/mol. The lowest BCUT2D eigenvalue weighted by atomic mass is 10.0. The fraction of sp³-hybridized carbons (Fsp3) is 0.0909. The number of halogens is 2. The second kappa shape index (κ2) is 7.23. The molecular formula is C22H16F2N2O2. The summed E-state index contributed by atoms with van der Waals surface area (Å²) in [7, 11) is 0. The molecule has 6 heteroatoms. The average Bonchev–Trinajstić information content (AvgIpc) is 3.25. The highest BCUT2D eigenvalue weighted by atomic mass is 19.2. The van der Waals surface area contributed by atoms with E-state index < -0.39 is 11.6 Å². The Kier molecular flexibility index (Phi) is 4.61. The summed E-state index contributed by atoms with van der Waals surface area (Å²) in [5.74, 6) is -1.75. The summed E-state index contributed by atoms with van der Waals surface area (Å²) in [6.07, 6.45) is 1.54. The zero-order valence-electron chi connectivity index (χ0n) is 15.0. The SMILES string of the molecule is CCN(C(=O)c1cc(-c2ccco2)nc2ccccc12)c1ccc(F)c(F)c1. The minimum atomic E-state index is -1.00. The minimum Gasteiger partial charge on any atom is -0.463 e. The summed E-state index contributed by atoms with van der Waals surface area (Å²) in [4.78, 5) is 19.3. The van der Waals surface area contributed by atoms with Crippen molar-refractivity contribution in [2.45, 2.75) is 6.92 Å². The predicted octanol–water partition coefficient (Wildman–Crippen LogP) is 5.44. The molecule has 0 saturated heterocycles. The highest BCUT2D eigenvalue weighted by Gasteiger charge is 2.21. The van der Waals surface area contributed by atoms with Crippen molar-refractivity contribution < 1.29 is 18.0 Å². The van der Waals surface area contributed by atoms with Gasteiger partial charge in [0.2, 0.25) is 0 Å². The van der Waals surface area contributed by atoms with Gasteiger partial charge in [0.1, 0.15) is 5.69 Å². The Morgan fingerprint density at radius 3 is 2.57 bits per heavy atom. The number of rotatable bonds is 4. The molecule has 2 aromatic carbocycles. The van der Waals surface area contributed by atoms with E-state index in [4.69, 9.17) is 4.42 Å². The van der Waals surface area contributed by atoms with E-state index in [9.17, 15) is 13.6 Å². The van der Waals surface area contributed by atoms with Gasteiger partial charge in [0.25, 0.3) is 5.91 Å². The van der Waals surface area contributed by atoms with Gasteiger partial charge in [-0.3, -0.25) is 4.79 Å². The maximum absolute atomic E-state index is 13.7. The van der Waals surface area contributed by atoms with Crippen LogP contribution in [-0.4, -0.2) is 17.4 Å². The maximum atomic E-state index is 13.7. The molecule has 4 nitrogen and oxygen atoms in total. The van der Waals surface area contributed by atoms with Crippen molar-refractivity contribution in [3.05, 3.63) is 84.1 Å². The molecule has 0 unspecified atom stereocenters. The van der Waals surface area contributed by atoms with Crippen molar-refractivity contribution in [3.63, 3.8) is 0 Å². The van der Waals surface area contributed by atoms with Crippen molar-refractivity contribution in [3.8, 4) is 11.5 Å². The third kappa shape index (κ3) is 3.13. The number of pyridine rings is 1. The van der Waals surface area contributed by atoms with Crippen LogP contribution in [0.4, 0.5) is 14.5 Å². The standard InChI is InChI=1S/C22H16F2N2O2/c1-2-26(14-9-10-17(23)18(24)12-14)22(27)16-13-20(21-8-5-11-28-21)25-19-7-4-3-6-15(16)19/h3-13H,2H2,1H3. The molecule has 0 spiro atoms. The maximum Gasteiger partial charge on any atom is 0.259 e. The Labute approximate surface area is 160 Å². The first-order chi connectivity index (χ1) is 13.6. The van der Waals surface area contributed by atoms with Gasteiger partial charge in [0, 0.05) is 23.7 Å². The summed E-state index contributed by atoms with van der Waals surface area (Å²) in [5.41, 5.74) is 1.85. The van der Waals surface area contributed by atoms with Crippen molar-refractivity contribution in [2.24, 2.45) is 0 Å². The van der Waals surface area contributed by atoms with E-state index in [1.165, 1.54) is 17.2 Å². The first kappa shape index (κ1) is 17.9. The van der Waals surface area contributed by atoms with Crippen LogP contribution in [0, 0.1) is 11.6 Å². The van der Waals surface area contributed by atoms with E-state index in [0.717, 1.165) is 12.1 Å². The zero-order chi connectivity index (χ0) is 19.7. The number of benzene rings is 2. The van der Waals surface area contributed by atoms with E-state index in [-0.39, 0.29) is 18.1 Å². The highest BCUT2D eigenvalue weighted by molar-refractivity contribution is 6.14. The van der Waals surface area contributed by atoms with Gasteiger partial charge in [-0.05, 0) is 43.3 Å². The lowest BCUT2D eigenvalue weighted by molar-refractivity contribution is 0.0990. The normalized spacial score (nSPS) is 11.0. The third-order valence-corrected chi connectivity index (χ3v) is 4.50. The molecule has 140 valence electrons. The number of para-hydroxylation sites is 1. The molecule has 0 N–H and O–H groups in total. The number of carbonyl (C=O) groups is 1. The second-order valence-corrected chi connectivity index (χ2v) is 6.20. The van der Waals surface area contributed by atoms with E-state index in [2.05, 4.69) is 4.98 Å². The van der Waals surface area contributed by atoms with Crippen LogP contribution in [-0.2, 0) is 0 Å². The molecule has 0 aliphatic heterocycles. The quantitative estimate of drug-likeness (QED) is 0.475. The molecule has 0 saturated carbocycles. The number of hydrogen-bond donors (Lipinski definition) is 0. The Morgan fingerprint density at radius 2 is 1.86 bits per heavy atom. The van der Waals surface area contributed by atoms with Crippen molar-refractivity contribution in [1.29, 1.82) is 0 Å². The number of carbonyl (C=O) groups excluding carboxylic acids is 1. The van der Waals surface area contributed by atoms with Gasteiger partial charge >= 0.3 is 0 Å². The monoisotopic (exact) mass is 378 g/mol. The smallest absolute Gasteiger partial charge is 0.259 e. The summed E-state index contributed by atoms with van der Waals surface area (Å²) in [6.45, 7) is 2.06. The fourth-order valence-electron chi connectivity index (χ4n) is 3.14. The molecule has 2 heterocycles. The fourth-order valence-corrected chi connectivity index (χ4v) is 3.14. The molecule has 0 aliphatic carbocycles. The summed E-state index contributed by atoms with van der Waals surface area (Å²) < 4.78 is 32.4. The largest absolute Gasteiger partial charge is 0.463 e. The van der Waals surface area contributed by atoms with Crippen LogP contribution in [0.2, 0.25) is 0 Å². The first-order valence-electron chi connectivity index (χ1n) is 8.79. The molecule has 0 bridgehead atoms. The van der Waals surface area contributed by atoms with Crippen LogP contribution in [0.25, 0.3) is 22.4 Å². The molecule has 1 amide bonds. The van der Waals surface area contributed by atoms with Crippen LogP contribution in [0.5, 0.6) is 0 Å². The van der Waals surface area contributed by atoms with Crippen molar-refractivity contribution >= 4 is 22.5 Å². The van der Waals surface area contributed by atoms with Gasteiger partial charge in [-0.2, -0.15) is 0 Å². The van der Waals surface area contributed by atoms with Crippen LogP contribution < -0.4 is 4.90 Å². The van der Waals surface area contributed by atoms with Crippen molar-refractivity contribution in [2.75, 3.05) is 11.4 Å². The molecule has 0 fully saturated rings. The minimum absolute atomic E-state index is 0.284. The number of anilines is 1. The Morgan fingerprint density at radius 1 is 1.04 bits per heavy atom. The highest BCUT2D eigenvalue weighted by Crippen LogP contribution is 2.28. The van der Waals surface area contributed by atoms with E-state index in [1.54, 1.807) is 31.2 Å². The van der Waals surface area contributed by atoms with Gasteiger partial charge in [-0.15, -0.1) is 0 Å². The van der Waals surface area contributed by atoms with Gasteiger partial charge in [-0.25, -0.2) is 13.8 Å². The molecule has 2 aromatic heterocycles. The summed E-state index contributed by atoms with van der Waals surface area (Å²) >= 11 is 0. The third-order valence-electron chi connectivity index (χ3n) is 4.50. The lowest BCUT2D eigenvalue weighted by Crippen LogP contribution is -2.31. The number of fused-ring (bicyclic) bond motifs is 1. The molecule has 0 atom stereocenters. The van der Waals surface area contributed by atoms with Gasteiger partial charge in [0.05, 0.1) is 17.3 Å². The van der Waals surface area contributed by atoms with Crippen molar-refractivity contribution in [1.82, 2.24) is 4.98 Å². The molecule has 4 aromatic rings. The number of amides is 1. The van der Waals surface area contributed by atoms with Crippen LogP contribution in [0.3, 0.4) is 0 Å². The summed E-state index contributed by atoms with van der Waals surface area (Å²) in [6, 6.07) is 15.9. The van der Waals surface area contributed by atoms with E-state index in [0.29, 0.717) is 27.9 Å². The van der Waals surface area contributed by atoms with Gasteiger partial charge in [0.15, 0.2) is 17.4 Å². The Balaban J connectivity index is 1.86. The van der Waals surface area contributed by atoms with Gasteiger partial charge in [-0.1, -0.05) is 18.2 Å². The molecule has 0 aliphatic rings. The summed E-state index contributed by atoms with van der Waals surface area (Å²) in [5, 5.41) is 0.670. The second-order valence-electron chi connectivity index (χ2n) is 6.20. The molecule has 0 radical (unpaired) electrons. The molecule has 28 heavy (non-hydrogen) atoms. The average molecular weight is 378 g/mol. The number of nitrogens with zero attached hydrogens (tertiary/aromatic N) is 2. The number of aromatic nitrogens is 1. The number of furan rings is 1. The first-order valence-corrected chi connectivity index (χ1v) is 8.79. The van der Waals surface area contributed by atoms with E-state index in [1.807, 2.05) is 18.2 Å². The Bertz CT molecular complexity index is 1160. The zero-order valence-corrected chi connectivity index (χ0v) is 15.0. The Hall–Kier alpha value is -3.54. The molecule has 4 rings (SSSR count). The van der Waals surface area contributed by atoms with Crippen LogP contribution in [0.15, 0.2) is 71.3 Å².